The van der Waals surface area contributed by atoms with E-state index in [2.05, 4.69) is 107 Å². The summed E-state index contributed by atoms with van der Waals surface area (Å²) in [6.45, 7) is 22.8. The second-order valence-electron chi connectivity index (χ2n) is 24.8. The van der Waals surface area contributed by atoms with Crippen LogP contribution in [0.4, 0.5) is 43.0 Å². The summed E-state index contributed by atoms with van der Waals surface area (Å²) >= 11 is 0. The van der Waals surface area contributed by atoms with Crippen molar-refractivity contribution in [2.24, 2.45) is 17.8 Å². The number of fused-ring (bicyclic) bond motifs is 4. The fourth-order valence-corrected chi connectivity index (χ4v) is 10.9. The van der Waals surface area contributed by atoms with Gasteiger partial charge in [-0.05, 0) is 129 Å². The molecule has 0 aliphatic carbocycles. The molecule has 0 saturated carbocycles. The molecule has 542 valence electrons. The number of carbonyl (C=O) groups is 8. The van der Waals surface area contributed by atoms with Crippen molar-refractivity contribution in [2.75, 3.05) is 47.4 Å². The number of nitrogens with one attached hydrogen (secondary N) is 12. The van der Waals surface area contributed by atoms with E-state index in [1.165, 1.54) is 6.33 Å². The van der Waals surface area contributed by atoms with Crippen molar-refractivity contribution in [2.45, 2.75) is 95.4 Å². The van der Waals surface area contributed by atoms with Crippen molar-refractivity contribution in [1.29, 1.82) is 0 Å². The van der Waals surface area contributed by atoms with Crippen molar-refractivity contribution in [3.8, 4) is 44.5 Å². The lowest BCUT2D eigenvalue weighted by Gasteiger charge is -2.10. The van der Waals surface area contributed by atoms with E-state index in [1.54, 1.807) is 62.6 Å². The van der Waals surface area contributed by atoms with Gasteiger partial charge >= 0.3 is 24.1 Å². The minimum absolute atomic E-state index is 0.00296. The van der Waals surface area contributed by atoms with Crippen molar-refractivity contribution in [1.82, 2.24) is 86.1 Å². The maximum atomic E-state index is 12.9. The molecule has 12 N–H and O–H groups in total. The molecule has 0 saturated heterocycles. The molecule has 0 aliphatic heterocycles. The molecule has 12 aromatic rings. The Morgan fingerprint density at radius 3 is 0.990 bits per heavy atom. The summed E-state index contributed by atoms with van der Waals surface area (Å²) in [5, 5.41) is 21.2. The molecule has 1 unspecified atom stereocenters. The first-order chi connectivity index (χ1) is 50.6. The number of imidazole rings is 4. The Kier molecular flexibility index (Phi) is 26.2. The van der Waals surface area contributed by atoms with Crippen LogP contribution in [0, 0.1) is 17.8 Å². The predicted molar refractivity (Wildman–Crippen MR) is 407 cm³/mol. The van der Waals surface area contributed by atoms with Gasteiger partial charge in [-0.15, -0.1) is 0 Å². The molecule has 0 aliphatic rings. The van der Waals surface area contributed by atoms with Crippen LogP contribution >= 0.6 is 0 Å². The van der Waals surface area contributed by atoms with Gasteiger partial charge in [-0.1, -0.05) is 66.7 Å². The zero-order chi connectivity index (χ0) is 75.3. The standard InChI is InChI=1S/2C20H23N5O2.C19H21N5O2.C17H18N6O2/c1-4-22-20(27)25-19-23-16-10-14(13-6-5-7-21-11-13)9-15(18(16)24-19)17(26)8-12(2)3;1-4-12(3)18(26)15-9-14(13-7-6-8-21-11-13)10-16-17(15)24-19(23-16)25-20(27)22-5-2;1-4-21-19(26)24-18-22-15-9-13(12-6-5-7-20-10-12)8-14(16(15)23-18)17(25)11(2)3;1-3-14(24)12-5-10(11-7-18-9-19-8-11)6-13-15(12)22-16(21-13)23-17(25)20-4-2/h5-7,9-12H,4,8H2,1-3H3,(H3,22,23,24,25,27);6-12H,4-5H2,1-3H3,(H3,22,23,24,25,27);5-11H,4H2,1-3H3,(H3,21,22,23,24,26);5-9H,3-4H2,1-2H3,(H3,20,21,22,23,25). The molecule has 105 heavy (non-hydrogen) atoms. The van der Waals surface area contributed by atoms with Crippen LogP contribution in [0.2, 0.25) is 0 Å². The first-order valence-corrected chi connectivity index (χ1v) is 34.6. The summed E-state index contributed by atoms with van der Waals surface area (Å²) in [6.07, 6.45) is 16.7. The normalized spacial score (nSPS) is 11.1. The zero-order valence-corrected chi connectivity index (χ0v) is 60.3. The molecule has 0 radical (unpaired) electrons. The van der Waals surface area contributed by atoms with Crippen LogP contribution in [-0.2, 0) is 0 Å². The van der Waals surface area contributed by atoms with E-state index in [-0.39, 0.29) is 71.0 Å². The highest BCUT2D eigenvalue weighted by molar-refractivity contribution is 6.12. The third-order valence-corrected chi connectivity index (χ3v) is 16.1. The van der Waals surface area contributed by atoms with Crippen LogP contribution in [0.1, 0.15) is 137 Å². The van der Waals surface area contributed by atoms with Crippen molar-refractivity contribution < 1.29 is 38.4 Å². The van der Waals surface area contributed by atoms with E-state index in [9.17, 15) is 38.4 Å². The molecular weight excluding hydrogens is 1330 g/mol. The molecule has 0 spiro atoms. The van der Waals surface area contributed by atoms with Crippen LogP contribution < -0.4 is 42.5 Å². The van der Waals surface area contributed by atoms with E-state index >= 15 is 0 Å². The highest BCUT2D eigenvalue weighted by Gasteiger charge is 2.24. The number of nitrogens with zero attached hydrogens (tertiary/aromatic N) is 9. The summed E-state index contributed by atoms with van der Waals surface area (Å²) in [7, 11) is 0. The van der Waals surface area contributed by atoms with Gasteiger partial charge in [-0.3, -0.25) is 55.4 Å². The molecule has 8 aromatic heterocycles. The van der Waals surface area contributed by atoms with E-state index in [1.807, 2.05) is 148 Å². The number of aromatic nitrogens is 13. The molecule has 1 atom stereocenters. The fourth-order valence-electron chi connectivity index (χ4n) is 10.9. The maximum Gasteiger partial charge on any atom is 0.321 e. The minimum Gasteiger partial charge on any atom is -0.338 e. The van der Waals surface area contributed by atoms with Gasteiger partial charge in [0.2, 0.25) is 23.8 Å². The molecule has 4 aromatic carbocycles. The number of hydrogen-bond acceptors (Lipinski definition) is 17. The highest BCUT2D eigenvalue weighted by Crippen LogP contribution is 2.34. The third-order valence-electron chi connectivity index (χ3n) is 16.1. The summed E-state index contributed by atoms with van der Waals surface area (Å²) in [5.41, 5.74) is 13.9. The van der Waals surface area contributed by atoms with Crippen LogP contribution in [-0.4, -0.2) is 138 Å². The largest absolute Gasteiger partial charge is 0.338 e. The van der Waals surface area contributed by atoms with Gasteiger partial charge in [-0.25, -0.2) is 49.1 Å². The number of Topliss-reactive ketones (excluding diaryl/α,β-unsaturated/α-hetero) is 4. The van der Waals surface area contributed by atoms with Crippen LogP contribution in [0.3, 0.4) is 0 Å². The predicted octanol–water partition coefficient (Wildman–Crippen LogP) is 14.3. The SMILES string of the molecule is CCNC(=O)Nc1nc2c(C(=O)C(C)C)cc(-c3cccnc3)cc2[nH]1.CCNC(=O)Nc1nc2c(C(=O)C(C)CC)cc(-c3cccnc3)cc2[nH]1.CCNC(=O)Nc1nc2c(C(=O)CC(C)C)cc(-c3cccnc3)cc2[nH]1.CCNC(=O)Nc1nc2c(C(=O)CC)cc(-c3cncnc3)cc2[nH]1. The van der Waals surface area contributed by atoms with E-state index in [4.69, 9.17) is 0 Å². The molecule has 29 heteroatoms. The number of H-pyrrole nitrogens is 4. The summed E-state index contributed by atoms with van der Waals surface area (Å²) < 4.78 is 0. The highest BCUT2D eigenvalue weighted by atomic mass is 16.2. The molecule has 0 bridgehead atoms. The lowest BCUT2D eigenvalue weighted by molar-refractivity contribution is 0.0924. The van der Waals surface area contributed by atoms with Crippen LogP contribution in [0.15, 0.2) is 141 Å². The molecule has 8 amide bonds. The molecular formula is C76H85N21O8. The van der Waals surface area contributed by atoms with Gasteiger partial charge < -0.3 is 41.2 Å². The van der Waals surface area contributed by atoms with Gasteiger partial charge in [-0.2, -0.15) is 0 Å². The monoisotopic (exact) mass is 1420 g/mol. The second kappa shape index (κ2) is 36.1. The Balaban J connectivity index is 0.000000162. The lowest BCUT2D eigenvalue weighted by atomic mass is 9.93. The average molecular weight is 1420 g/mol. The molecule has 29 nitrogen and oxygen atoms in total. The first kappa shape index (κ1) is 76.2. The molecule has 0 fully saturated rings. The van der Waals surface area contributed by atoms with Gasteiger partial charge in [0.05, 0.1) is 22.1 Å². The number of carbonyl (C=O) groups excluding carboxylic acids is 8. The average Bonchev–Trinajstić information content (AvgIpc) is 1.70. The zero-order valence-electron chi connectivity index (χ0n) is 60.3. The Morgan fingerprint density at radius 2 is 0.686 bits per heavy atom. The minimum atomic E-state index is -0.360. The van der Waals surface area contributed by atoms with E-state index < -0.39 is 0 Å². The van der Waals surface area contributed by atoms with Crippen molar-refractivity contribution in [3.63, 3.8) is 0 Å². The van der Waals surface area contributed by atoms with Crippen LogP contribution in [0.25, 0.3) is 88.6 Å². The lowest BCUT2D eigenvalue weighted by Crippen LogP contribution is -2.28. The summed E-state index contributed by atoms with van der Waals surface area (Å²) in [5.74, 6) is 1.17. The quantitative estimate of drug-likeness (QED) is 0.0280. The summed E-state index contributed by atoms with van der Waals surface area (Å²) in [6, 6.07) is 24.9. The first-order valence-electron chi connectivity index (χ1n) is 34.6. The Bertz CT molecular complexity index is 5060. The van der Waals surface area contributed by atoms with E-state index in [0.29, 0.717) is 123 Å². The Labute approximate surface area is 605 Å². The number of hydrogen-bond donors (Lipinski definition) is 12. The summed E-state index contributed by atoms with van der Waals surface area (Å²) in [4.78, 5) is 148. The number of benzene rings is 4. The van der Waals surface area contributed by atoms with Crippen molar-refractivity contribution in [3.05, 3.63) is 163 Å². The topological polar surface area (TPSA) is 412 Å². The third kappa shape index (κ3) is 19.8. The number of ketones is 4. The Morgan fingerprint density at radius 1 is 0.371 bits per heavy atom. The number of amides is 8. The van der Waals surface area contributed by atoms with Gasteiger partial charge in [0.15, 0.2) is 23.1 Å². The number of rotatable bonds is 22. The van der Waals surface area contributed by atoms with Gasteiger partial charge in [0.1, 0.15) is 28.4 Å². The number of pyridine rings is 3. The number of anilines is 4. The smallest absolute Gasteiger partial charge is 0.321 e. The van der Waals surface area contributed by atoms with Gasteiger partial charge in [0, 0.05) is 145 Å². The number of aromatic amines is 4. The van der Waals surface area contributed by atoms with E-state index in [0.717, 1.165) is 50.9 Å². The van der Waals surface area contributed by atoms with Gasteiger partial charge in [0.25, 0.3) is 0 Å². The number of urea groups is 4. The Hall–Kier alpha value is -13.0. The fraction of sp³-hybridized carbons (Fsp3) is 0.276. The molecule has 12 rings (SSSR count). The maximum absolute atomic E-state index is 12.9. The molecule has 8 heterocycles. The van der Waals surface area contributed by atoms with Crippen molar-refractivity contribution >= 4 is 115 Å². The van der Waals surface area contributed by atoms with Crippen LogP contribution in [0.5, 0.6) is 0 Å². The second-order valence-corrected chi connectivity index (χ2v) is 24.8.